The largest absolute Gasteiger partial charge is 0.312 e. The molecule has 0 radical (unpaired) electrons. The molecule has 2 saturated carbocycles. The number of hydrogen-bond donors (Lipinski definition) is 1. The van der Waals surface area contributed by atoms with Gasteiger partial charge in [-0.3, -0.25) is 4.68 Å². The van der Waals surface area contributed by atoms with E-state index in [0.29, 0.717) is 6.04 Å². The predicted molar refractivity (Wildman–Crippen MR) is 67.2 cm³/mol. The Hall–Kier alpha value is -0.830. The number of rotatable bonds is 4. The first-order chi connectivity index (χ1) is 8.40. The van der Waals surface area contributed by atoms with Gasteiger partial charge in [-0.2, -0.15) is 5.10 Å². The molecule has 1 saturated heterocycles. The highest BCUT2D eigenvalue weighted by Crippen LogP contribution is 2.44. The van der Waals surface area contributed by atoms with Crippen LogP contribution in [0.15, 0.2) is 6.07 Å². The Morgan fingerprint density at radius 2 is 2.00 bits per heavy atom. The van der Waals surface area contributed by atoms with E-state index in [-0.39, 0.29) is 0 Å². The molecule has 1 aliphatic heterocycles. The van der Waals surface area contributed by atoms with Gasteiger partial charge in [0.15, 0.2) is 0 Å². The maximum atomic E-state index is 4.87. The maximum absolute atomic E-state index is 4.87. The van der Waals surface area contributed by atoms with Crippen molar-refractivity contribution >= 4 is 0 Å². The molecule has 0 aromatic carbocycles. The summed E-state index contributed by atoms with van der Waals surface area (Å²) in [6.07, 6.45) is 8.15. The van der Waals surface area contributed by atoms with Crippen molar-refractivity contribution < 1.29 is 0 Å². The van der Waals surface area contributed by atoms with Crippen molar-refractivity contribution in [2.75, 3.05) is 6.54 Å². The smallest absolute Gasteiger partial charge is 0.0658 e. The molecule has 3 nitrogen and oxygen atoms in total. The summed E-state index contributed by atoms with van der Waals surface area (Å²) in [5.41, 5.74) is 2.91. The lowest BCUT2D eigenvalue weighted by Crippen LogP contribution is -2.28. The van der Waals surface area contributed by atoms with Gasteiger partial charge in [0.2, 0.25) is 0 Å². The highest BCUT2D eigenvalue weighted by atomic mass is 15.3. The lowest BCUT2D eigenvalue weighted by atomic mass is 10.2. The molecule has 2 heterocycles. The van der Waals surface area contributed by atoms with Crippen molar-refractivity contribution in [1.29, 1.82) is 0 Å². The van der Waals surface area contributed by atoms with E-state index in [1.807, 2.05) is 0 Å². The van der Waals surface area contributed by atoms with Gasteiger partial charge in [0.1, 0.15) is 0 Å². The lowest BCUT2D eigenvalue weighted by molar-refractivity contribution is 0.461. The van der Waals surface area contributed by atoms with Gasteiger partial charge in [0.25, 0.3) is 0 Å². The summed E-state index contributed by atoms with van der Waals surface area (Å²) < 4.78 is 2.33. The molecule has 1 aromatic heterocycles. The molecule has 3 heteroatoms. The second-order valence-corrected chi connectivity index (χ2v) is 6.02. The molecule has 17 heavy (non-hydrogen) atoms. The molecule has 0 bridgehead atoms. The summed E-state index contributed by atoms with van der Waals surface area (Å²) in [5.74, 6) is 1.63. The zero-order valence-electron chi connectivity index (χ0n) is 10.4. The third-order valence-corrected chi connectivity index (χ3v) is 4.38. The molecule has 2 aliphatic carbocycles. The molecule has 4 rings (SSSR count). The van der Waals surface area contributed by atoms with Crippen molar-refractivity contribution in [2.24, 2.45) is 0 Å². The van der Waals surface area contributed by atoms with E-state index >= 15 is 0 Å². The number of nitrogens with one attached hydrogen (secondary N) is 1. The van der Waals surface area contributed by atoms with Crippen LogP contribution in [0.1, 0.15) is 61.7 Å². The van der Waals surface area contributed by atoms with E-state index in [0.717, 1.165) is 18.4 Å². The van der Waals surface area contributed by atoms with Crippen molar-refractivity contribution in [2.45, 2.75) is 62.9 Å². The molecule has 0 spiro atoms. The van der Waals surface area contributed by atoms with Crippen LogP contribution in [0.4, 0.5) is 0 Å². The van der Waals surface area contributed by atoms with Crippen LogP contribution in [0, 0.1) is 0 Å². The van der Waals surface area contributed by atoms with Crippen LogP contribution in [-0.4, -0.2) is 22.4 Å². The Morgan fingerprint density at radius 1 is 1.18 bits per heavy atom. The van der Waals surface area contributed by atoms with Crippen LogP contribution in [-0.2, 0) is 6.54 Å². The van der Waals surface area contributed by atoms with Gasteiger partial charge >= 0.3 is 0 Å². The Balaban J connectivity index is 1.57. The summed E-state index contributed by atoms with van der Waals surface area (Å²) >= 11 is 0. The fourth-order valence-corrected chi connectivity index (χ4v) is 3.01. The molecule has 3 aliphatic rings. The first-order valence-electron chi connectivity index (χ1n) is 7.21. The van der Waals surface area contributed by atoms with Gasteiger partial charge in [-0.1, -0.05) is 0 Å². The summed E-state index contributed by atoms with van der Waals surface area (Å²) in [6, 6.07) is 3.07. The Labute approximate surface area is 103 Å². The predicted octanol–water partition coefficient (Wildman–Crippen LogP) is 2.39. The monoisotopic (exact) mass is 231 g/mol. The Morgan fingerprint density at radius 3 is 2.65 bits per heavy atom. The van der Waals surface area contributed by atoms with Crippen LogP contribution in [0.2, 0.25) is 0 Å². The van der Waals surface area contributed by atoms with E-state index < -0.39 is 0 Å². The molecule has 92 valence electrons. The summed E-state index contributed by atoms with van der Waals surface area (Å²) in [4.78, 5) is 0. The molecule has 0 unspecified atom stereocenters. The van der Waals surface area contributed by atoms with Crippen LogP contribution >= 0.6 is 0 Å². The minimum Gasteiger partial charge on any atom is -0.312 e. The first-order valence-corrected chi connectivity index (χ1v) is 7.21. The fraction of sp³-hybridized carbons (Fsp3) is 0.786. The average molecular weight is 231 g/mol. The Kier molecular flexibility index (Phi) is 2.29. The quantitative estimate of drug-likeness (QED) is 0.862. The number of hydrogen-bond acceptors (Lipinski definition) is 2. The van der Waals surface area contributed by atoms with Gasteiger partial charge in [-0.15, -0.1) is 0 Å². The van der Waals surface area contributed by atoms with Gasteiger partial charge in [-0.25, -0.2) is 0 Å². The van der Waals surface area contributed by atoms with Gasteiger partial charge in [-0.05, 0) is 51.1 Å². The van der Waals surface area contributed by atoms with Gasteiger partial charge < -0.3 is 5.32 Å². The zero-order valence-corrected chi connectivity index (χ0v) is 10.4. The third-order valence-electron chi connectivity index (χ3n) is 4.38. The van der Waals surface area contributed by atoms with Crippen LogP contribution in [0.3, 0.4) is 0 Å². The molecule has 3 fully saturated rings. The van der Waals surface area contributed by atoms with Crippen LogP contribution in [0.5, 0.6) is 0 Å². The van der Waals surface area contributed by atoms with Crippen molar-refractivity contribution in [3.63, 3.8) is 0 Å². The molecule has 0 amide bonds. The van der Waals surface area contributed by atoms with E-state index in [9.17, 15) is 0 Å². The number of aromatic nitrogens is 2. The minimum absolute atomic E-state index is 0.666. The third kappa shape index (κ3) is 2.01. The van der Waals surface area contributed by atoms with Gasteiger partial charge in [0, 0.05) is 23.6 Å². The number of nitrogens with zero attached hydrogens (tertiary/aromatic N) is 2. The molecular weight excluding hydrogens is 210 g/mol. The second kappa shape index (κ2) is 3.84. The average Bonchev–Trinajstić information content (AvgIpc) is 3.26. The summed E-state index contributed by atoms with van der Waals surface area (Å²) in [6.45, 7) is 2.29. The van der Waals surface area contributed by atoms with E-state index in [1.54, 1.807) is 0 Å². The minimum atomic E-state index is 0.666. The van der Waals surface area contributed by atoms with Crippen molar-refractivity contribution in [3.8, 4) is 0 Å². The maximum Gasteiger partial charge on any atom is 0.0658 e. The van der Waals surface area contributed by atoms with E-state index in [2.05, 4.69) is 16.1 Å². The van der Waals surface area contributed by atoms with E-state index in [4.69, 9.17) is 5.10 Å². The lowest BCUT2D eigenvalue weighted by Gasteiger charge is -2.12. The Bertz CT molecular complexity index is 409. The molecule has 1 aromatic rings. The summed E-state index contributed by atoms with van der Waals surface area (Å²) in [5, 5.41) is 8.46. The second-order valence-electron chi connectivity index (χ2n) is 6.02. The fourth-order valence-electron chi connectivity index (χ4n) is 3.01. The van der Waals surface area contributed by atoms with Gasteiger partial charge in [0.05, 0.1) is 12.2 Å². The van der Waals surface area contributed by atoms with Crippen molar-refractivity contribution in [1.82, 2.24) is 15.1 Å². The highest BCUT2D eigenvalue weighted by Gasteiger charge is 2.33. The molecule has 1 N–H and O–H groups in total. The SMILES string of the molecule is c1c(C2CC2)nn(C[C@@H]2CCCN2)c1C1CC1. The zero-order chi connectivity index (χ0) is 11.2. The highest BCUT2D eigenvalue weighted by molar-refractivity contribution is 5.24. The standard InChI is InChI=1S/C14H21N3/c1-2-12(15-7-1)9-17-14(11-5-6-11)8-13(16-17)10-3-4-10/h8,10-12,15H,1-7,9H2/t12-/m0/s1. The van der Waals surface area contributed by atoms with Crippen molar-refractivity contribution in [3.05, 3.63) is 17.5 Å². The normalized spacial score (nSPS) is 28.8. The topological polar surface area (TPSA) is 29.9 Å². The van der Waals surface area contributed by atoms with Crippen LogP contribution < -0.4 is 5.32 Å². The molecule has 1 atom stereocenters. The van der Waals surface area contributed by atoms with E-state index in [1.165, 1.54) is 56.5 Å². The summed E-state index contributed by atoms with van der Waals surface area (Å²) in [7, 11) is 0. The van der Waals surface area contributed by atoms with Crippen LogP contribution in [0.25, 0.3) is 0 Å². The molecular formula is C14H21N3. The first kappa shape index (κ1) is 10.1.